The Balaban J connectivity index is 0.00000288. The topological polar surface area (TPSA) is 78.6 Å². The molecule has 0 unspecified atom stereocenters. The number of hydrogen-bond donors (Lipinski definition) is 3. The molecule has 0 fully saturated rings. The van der Waals surface area contributed by atoms with Crippen molar-refractivity contribution in [3.05, 3.63) is 30.2 Å². The van der Waals surface area contributed by atoms with Crippen LogP contribution in [-0.4, -0.2) is 45.7 Å². The summed E-state index contributed by atoms with van der Waals surface area (Å²) in [5.74, 6) is 1.61. The average molecular weight is 445 g/mol. The number of guanidine groups is 1. The molecule has 0 aromatic carbocycles. The monoisotopic (exact) mass is 445 g/mol. The summed E-state index contributed by atoms with van der Waals surface area (Å²) in [5, 5.41) is 18.3. The van der Waals surface area contributed by atoms with Crippen molar-refractivity contribution < 1.29 is 0 Å². The van der Waals surface area contributed by atoms with Crippen LogP contribution in [0.4, 0.5) is 0 Å². The second-order valence-corrected chi connectivity index (χ2v) is 6.34. The van der Waals surface area contributed by atoms with Gasteiger partial charge in [-0.3, -0.25) is 4.40 Å². The fraction of sp³-hybridized carbons (Fsp3) is 0.562. The summed E-state index contributed by atoms with van der Waals surface area (Å²) in [4.78, 5) is 4.58. The van der Waals surface area contributed by atoms with Gasteiger partial charge in [-0.15, -0.1) is 34.2 Å². The number of fused-ring (bicyclic) bond motifs is 1. The fourth-order valence-corrected chi connectivity index (χ4v) is 2.11. The molecule has 0 atom stereocenters. The fourth-order valence-electron chi connectivity index (χ4n) is 2.11. The van der Waals surface area contributed by atoms with Gasteiger partial charge in [0.2, 0.25) is 0 Å². The summed E-state index contributed by atoms with van der Waals surface area (Å²) in [6, 6.07) is 5.85. The Morgan fingerprint density at radius 1 is 1.17 bits per heavy atom. The first-order valence-corrected chi connectivity index (χ1v) is 8.05. The van der Waals surface area contributed by atoms with Crippen LogP contribution < -0.4 is 16.0 Å². The van der Waals surface area contributed by atoms with Gasteiger partial charge in [-0.05, 0) is 39.8 Å². The maximum absolute atomic E-state index is 4.58. The third kappa shape index (κ3) is 6.60. The van der Waals surface area contributed by atoms with E-state index in [1.807, 2.05) is 28.8 Å². The van der Waals surface area contributed by atoms with E-state index >= 15 is 0 Å². The molecule has 2 aromatic rings. The van der Waals surface area contributed by atoms with Crippen LogP contribution in [0.1, 0.15) is 33.5 Å². The second-order valence-electron chi connectivity index (χ2n) is 6.34. The van der Waals surface area contributed by atoms with E-state index in [0.717, 1.165) is 37.1 Å². The van der Waals surface area contributed by atoms with Crippen LogP contribution in [0, 0.1) is 0 Å². The number of aliphatic imine (C=N–C) groups is 1. The minimum absolute atomic E-state index is 0. The molecule has 3 N–H and O–H groups in total. The summed E-state index contributed by atoms with van der Waals surface area (Å²) in [6.07, 6.45) is 1.95. The lowest BCUT2D eigenvalue weighted by Gasteiger charge is -2.21. The van der Waals surface area contributed by atoms with E-state index in [9.17, 15) is 0 Å². The first-order chi connectivity index (χ1) is 11.0. The molecule has 7 nitrogen and oxygen atoms in total. The maximum Gasteiger partial charge on any atom is 0.191 e. The van der Waals surface area contributed by atoms with Gasteiger partial charge in [-0.2, -0.15) is 0 Å². The van der Waals surface area contributed by atoms with Gasteiger partial charge in [0.1, 0.15) is 6.54 Å². The van der Waals surface area contributed by atoms with Gasteiger partial charge in [-0.25, -0.2) is 4.99 Å². The standard InChI is InChI=1S/C16H27N7.HI/c1-5-17-15(18-9-10-20-16(2,3)4)19-12-14-22-21-13-8-6-7-11-23(13)14;/h6-8,11,20H,5,9-10,12H2,1-4H3,(H2,17,18,19);1H. The van der Waals surface area contributed by atoms with Crippen LogP contribution in [-0.2, 0) is 6.54 Å². The molecule has 0 spiro atoms. The minimum Gasteiger partial charge on any atom is -0.357 e. The molecule has 0 aliphatic carbocycles. The SMILES string of the molecule is CCNC(=NCc1nnc2ccccn12)NCCNC(C)(C)C.I. The van der Waals surface area contributed by atoms with E-state index in [4.69, 9.17) is 0 Å². The van der Waals surface area contributed by atoms with Crippen LogP contribution in [0.15, 0.2) is 29.4 Å². The highest BCUT2D eigenvalue weighted by Crippen LogP contribution is 2.03. The zero-order chi connectivity index (χ0) is 16.7. The molecular formula is C16H28IN7. The molecular weight excluding hydrogens is 417 g/mol. The molecule has 0 bridgehead atoms. The second kappa shape index (κ2) is 9.77. The lowest BCUT2D eigenvalue weighted by atomic mass is 10.1. The van der Waals surface area contributed by atoms with Crippen molar-refractivity contribution in [2.75, 3.05) is 19.6 Å². The van der Waals surface area contributed by atoms with E-state index in [2.05, 4.69) is 58.8 Å². The Bertz CT molecular complexity index is 645. The predicted molar refractivity (Wildman–Crippen MR) is 109 cm³/mol. The van der Waals surface area contributed by atoms with E-state index in [1.165, 1.54) is 0 Å². The minimum atomic E-state index is 0. The van der Waals surface area contributed by atoms with Gasteiger partial charge < -0.3 is 16.0 Å². The number of aromatic nitrogens is 3. The van der Waals surface area contributed by atoms with Crippen molar-refractivity contribution in [3.63, 3.8) is 0 Å². The highest BCUT2D eigenvalue weighted by Gasteiger charge is 2.08. The zero-order valence-corrected chi connectivity index (χ0v) is 17.2. The lowest BCUT2D eigenvalue weighted by molar-refractivity contribution is 0.428. The first kappa shape index (κ1) is 20.6. The third-order valence-electron chi connectivity index (χ3n) is 3.18. The largest absolute Gasteiger partial charge is 0.357 e. The Kier molecular flexibility index (Phi) is 8.40. The summed E-state index contributed by atoms with van der Waals surface area (Å²) in [5.41, 5.74) is 0.961. The van der Waals surface area contributed by atoms with E-state index in [0.29, 0.717) is 6.54 Å². The molecule has 0 aliphatic rings. The normalized spacial score (nSPS) is 12.1. The molecule has 0 amide bonds. The number of rotatable bonds is 6. The number of pyridine rings is 1. The number of nitrogens with one attached hydrogen (secondary N) is 3. The number of nitrogens with zero attached hydrogens (tertiary/aromatic N) is 4. The molecule has 134 valence electrons. The first-order valence-electron chi connectivity index (χ1n) is 8.05. The smallest absolute Gasteiger partial charge is 0.191 e. The Hall–Kier alpha value is -1.42. The quantitative estimate of drug-likeness (QED) is 0.274. The molecule has 8 heteroatoms. The van der Waals surface area contributed by atoms with Gasteiger partial charge in [0.15, 0.2) is 17.4 Å². The van der Waals surface area contributed by atoms with Crippen molar-refractivity contribution in [1.29, 1.82) is 0 Å². The average Bonchev–Trinajstić information content (AvgIpc) is 2.91. The predicted octanol–water partition coefficient (Wildman–Crippen LogP) is 1.79. The molecule has 0 aliphatic heterocycles. The van der Waals surface area contributed by atoms with E-state index in [1.54, 1.807) is 0 Å². The van der Waals surface area contributed by atoms with Crippen LogP contribution >= 0.6 is 24.0 Å². The Labute approximate surface area is 160 Å². The van der Waals surface area contributed by atoms with Crippen molar-refractivity contribution in [3.8, 4) is 0 Å². The molecule has 2 heterocycles. The van der Waals surface area contributed by atoms with Crippen molar-refractivity contribution in [2.24, 2.45) is 4.99 Å². The van der Waals surface area contributed by atoms with Crippen LogP contribution in [0.25, 0.3) is 5.65 Å². The third-order valence-corrected chi connectivity index (χ3v) is 3.18. The van der Waals surface area contributed by atoms with Gasteiger partial charge in [0, 0.05) is 31.4 Å². The van der Waals surface area contributed by atoms with Crippen molar-refractivity contribution >= 4 is 35.6 Å². The molecule has 0 radical (unpaired) electrons. The highest BCUT2D eigenvalue weighted by molar-refractivity contribution is 14.0. The molecule has 2 aromatic heterocycles. The summed E-state index contributed by atoms with van der Waals surface area (Å²) >= 11 is 0. The van der Waals surface area contributed by atoms with Crippen LogP contribution in [0.3, 0.4) is 0 Å². The van der Waals surface area contributed by atoms with E-state index in [-0.39, 0.29) is 29.5 Å². The van der Waals surface area contributed by atoms with Crippen molar-refractivity contribution in [1.82, 2.24) is 30.5 Å². The lowest BCUT2D eigenvalue weighted by Crippen LogP contribution is -2.44. The number of halogens is 1. The molecule has 0 saturated carbocycles. The maximum atomic E-state index is 4.58. The number of hydrogen-bond acceptors (Lipinski definition) is 4. The van der Waals surface area contributed by atoms with Crippen LogP contribution in [0.2, 0.25) is 0 Å². The van der Waals surface area contributed by atoms with Gasteiger partial charge in [0.25, 0.3) is 0 Å². The summed E-state index contributed by atoms with van der Waals surface area (Å²) in [7, 11) is 0. The molecule has 24 heavy (non-hydrogen) atoms. The summed E-state index contributed by atoms with van der Waals surface area (Å²) < 4.78 is 1.95. The molecule has 0 saturated heterocycles. The summed E-state index contributed by atoms with van der Waals surface area (Å²) in [6.45, 7) is 11.5. The molecule has 2 rings (SSSR count). The van der Waals surface area contributed by atoms with Gasteiger partial charge in [-0.1, -0.05) is 6.07 Å². The van der Waals surface area contributed by atoms with Gasteiger partial charge in [0.05, 0.1) is 0 Å². The Morgan fingerprint density at radius 3 is 2.67 bits per heavy atom. The zero-order valence-electron chi connectivity index (χ0n) is 14.8. The van der Waals surface area contributed by atoms with E-state index < -0.39 is 0 Å². The van der Waals surface area contributed by atoms with Gasteiger partial charge >= 0.3 is 0 Å². The highest BCUT2D eigenvalue weighted by atomic mass is 127. The van der Waals surface area contributed by atoms with Crippen LogP contribution in [0.5, 0.6) is 0 Å². The Morgan fingerprint density at radius 2 is 1.96 bits per heavy atom. The van der Waals surface area contributed by atoms with Crippen molar-refractivity contribution in [2.45, 2.75) is 39.8 Å².